The predicted molar refractivity (Wildman–Crippen MR) is 233 cm³/mol. The molecule has 3 heterocycles. The van der Waals surface area contributed by atoms with Gasteiger partial charge in [-0.2, -0.15) is 8.75 Å². The molecule has 0 N–H and O–H groups in total. The standard InChI is InChI=1S/C48H56N2S3/c1-9-13-15-29(11-3)23-31-17-19-33-37(25-31)47(5,6)39-27-41(51-45(33)39)35-21-22-36(44-43(35)49-53-50-44)42-28-40-46(52-42)34-20-18-32(26-38(34)48(40,7)8)24-30(12-4)16-14-10-2/h17-22,25-30H,9-16,23-24H2,1-8H3. The maximum Gasteiger partial charge on any atom is 0.114 e. The van der Waals surface area contributed by atoms with E-state index in [1.807, 2.05) is 22.7 Å². The Kier molecular flexibility index (Phi) is 10.1. The van der Waals surface area contributed by atoms with E-state index in [-0.39, 0.29) is 10.8 Å². The van der Waals surface area contributed by atoms with Crippen molar-refractivity contribution in [2.75, 3.05) is 0 Å². The van der Waals surface area contributed by atoms with Gasteiger partial charge in [-0.1, -0.05) is 155 Å². The van der Waals surface area contributed by atoms with Crippen LogP contribution in [0.15, 0.2) is 60.7 Å². The minimum absolute atomic E-state index is 0.0198. The fourth-order valence-electron chi connectivity index (χ4n) is 9.35. The van der Waals surface area contributed by atoms with E-state index in [1.165, 1.54) is 151 Å². The molecule has 8 rings (SSSR count). The van der Waals surface area contributed by atoms with Gasteiger partial charge in [0.05, 0.1) is 11.7 Å². The van der Waals surface area contributed by atoms with Gasteiger partial charge in [-0.05, 0) is 81.3 Å². The molecule has 2 aliphatic carbocycles. The van der Waals surface area contributed by atoms with Crippen molar-refractivity contribution in [1.29, 1.82) is 0 Å². The molecule has 3 aromatic heterocycles. The zero-order valence-electron chi connectivity index (χ0n) is 33.1. The molecular weight excluding hydrogens is 701 g/mol. The molecule has 6 aromatic rings. The Labute approximate surface area is 330 Å². The summed E-state index contributed by atoms with van der Waals surface area (Å²) in [5, 5.41) is 0. The molecule has 3 aromatic carbocycles. The quantitative estimate of drug-likeness (QED) is 0.111. The Hall–Kier alpha value is -3.12. The Bertz CT molecular complexity index is 2120. The van der Waals surface area contributed by atoms with Gasteiger partial charge in [-0.15, -0.1) is 22.7 Å². The lowest BCUT2D eigenvalue weighted by atomic mass is 9.81. The van der Waals surface area contributed by atoms with Gasteiger partial charge in [0.25, 0.3) is 0 Å². The molecule has 2 nitrogen and oxygen atoms in total. The Morgan fingerprint density at radius 3 is 1.34 bits per heavy atom. The molecule has 2 unspecified atom stereocenters. The van der Waals surface area contributed by atoms with Crippen LogP contribution in [0.2, 0.25) is 0 Å². The predicted octanol–water partition coefficient (Wildman–Crippen LogP) is 15.3. The first-order valence-corrected chi connectivity index (χ1v) is 22.8. The number of unbranched alkanes of at least 4 members (excludes halogenated alkanes) is 2. The SMILES string of the molecule is CCCCC(CC)Cc1ccc2c(c1)C(C)(C)c1cc(-c3ccc(-c4cc5c(s4)-c4ccc(CC(CC)CCCC)cc4C5(C)C)c4nsnc34)sc1-2. The Morgan fingerprint density at radius 1 is 0.528 bits per heavy atom. The summed E-state index contributed by atoms with van der Waals surface area (Å²) in [6.07, 6.45) is 12.8. The summed E-state index contributed by atoms with van der Waals surface area (Å²) < 4.78 is 9.88. The van der Waals surface area contributed by atoms with Crippen molar-refractivity contribution in [3.05, 3.63) is 94.0 Å². The van der Waals surface area contributed by atoms with E-state index in [9.17, 15) is 0 Å². The second-order valence-electron chi connectivity index (χ2n) is 17.1. The lowest BCUT2D eigenvalue weighted by Crippen LogP contribution is -2.15. The summed E-state index contributed by atoms with van der Waals surface area (Å²) in [7, 11) is 0. The van der Waals surface area contributed by atoms with Crippen LogP contribution in [0.5, 0.6) is 0 Å². The number of benzene rings is 3. The fraction of sp³-hybridized carbons (Fsp3) is 0.458. The van der Waals surface area contributed by atoms with Crippen molar-refractivity contribution in [3.8, 4) is 41.8 Å². The van der Waals surface area contributed by atoms with Gasteiger partial charge < -0.3 is 0 Å². The van der Waals surface area contributed by atoms with Crippen LogP contribution >= 0.6 is 34.4 Å². The van der Waals surface area contributed by atoms with Crippen molar-refractivity contribution in [3.63, 3.8) is 0 Å². The summed E-state index contributed by atoms with van der Waals surface area (Å²) in [5.41, 5.74) is 16.2. The van der Waals surface area contributed by atoms with E-state index in [0.29, 0.717) is 0 Å². The van der Waals surface area contributed by atoms with Gasteiger partial charge in [-0.3, -0.25) is 0 Å². The molecule has 0 spiro atoms. The van der Waals surface area contributed by atoms with Crippen LogP contribution in [-0.4, -0.2) is 8.75 Å². The van der Waals surface area contributed by atoms with Crippen molar-refractivity contribution in [2.24, 2.45) is 11.8 Å². The summed E-state index contributed by atoms with van der Waals surface area (Å²) in [4.78, 5) is 5.45. The maximum atomic E-state index is 4.94. The van der Waals surface area contributed by atoms with Crippen molar-refractivity contribution in [2.45, 2.75) is 130 Å². The number of fused-ring (bicyclic) bond motifs is 7. The first kappa shape index (κ1) is 36.8. The molecule has 0 radical (unpaired) electrons. The lowest BCUT2D eigenvalue weighted by Gasteiger charge is -2.22. The number of nitrogens with zero attached hydrogens (tertiary/aromatic N) is 2. The van der Waals surface area contributed by atoms with Gasteiger partial charge in [0.1, 0.15) is 11.0 Å². The number of hydrogen-bond acceptors (Lipinski definition) is 5. The molecule has 0 bridgehead atoms. The first-order valence-electron chi connectivity index (χ1n) is 20.4. The lowest BCUT2D eigenvalue weighted by molar-refractivity contribution is 0.449. The second-order valence-corrected chi connectivity index (χ2v) is 19.7. The van der Waals surface area contributed by atoms with Crippen LogP contribution in [0.1, 0.15) is 140 Å². The van der Waals surface area contributed by atoms with E-state index in [2.05, 4.69) is 116 Å². The molecule has 0 saturated heterocycles. The second kappa shape index (κ2) is 14.5. The highest BCUT2D eigenvalue weighted by molar-refractivity contribution is 7.19. The minimum atomic E-state index is -0.0198. The summed E-state index contributed by atoms with van der Waals surface area (Å²) in [6, 6.07) is 24.3. The fourth-order valence-corrected chi connectivity index (χ4v) is 12.7. The monoisotopic (exact) mass is 756 g/mol. The van der Waals surface area contributed by atoms with Crippen LogP contribution in [0.4, 0.5) is 0 Å². The summed E-state index contributed by atoms with van der Waals surface area (Å²) >= 11 is 5.22. The molecule has 0 amide bonds. The van der Waals surface area contributed by atoms with Gasteiger partial charge in [0.2, 0.25) is 0 Å². The number of rotatable bonds is 14. The molecule has 0 aliphatic heterocycles. The highest BCUT2D eigenvalue weighted by Crippen LogP contribution is 2.57. The van der Waals surface area contributed by atoms with Crippen molar-refractivity contribution < 1.29 is 0 Å². The van der Waals surface area contributed by atoms with Crippen LogP contribution in [0, 0.1) is 11.8 Å². The van der Waals surface area contributed by atoms with Gasteiger partial charge in [0.15, 0.2) is 0 Å². The molecule has 276 valence electrons. The largest absolute Gasteiger partial charge is 0.172 e. The van der Waals surface area contributed by atoms with Crippen LogP contribution in [-0.2, 0) is 23.7 Å². The third kappa shape index (κ3) is 6.37. The summed E-state index contributed by atoms with van der Waals surface area (Å²) in [5.74, 6) is 1.55. The third-order valence-electron chi connectivity index (χ3n) is 12.9. The number of aromatic nitrogens is 2. The van der Waals surface area contributed by atoms with Crippen molar-refractivity contribution in [1.82, 2.24) is 8.75 Å². The zero-order chi connectivity index (χ0) is 37.1. The highest BCUT2D eigenvalue weighted by Gasteiger charge is 2.39. The number of hydrogen-bond donors (Lipinski definition) is 0. The Balaban J connectivity index is 1.09. The first-order chi connectivity index (χ1) is 25.6. The molecule has 53 heavy (non-hydrogen) atoms. The smallest absolute Gasteiger partial charge is 0.114 e. The molecule has 2 aliphatic rings. The van der Waals surface area contributed by atoms with E-state index in [0.717, 1.165) is 22.9 Å². The van der Waals surface area contributed by atoms with Gasteiger partial charge in [0, 0.05) is 41.5 Å². The van der Waals surface area contributed by atoms with Crippen molar-refractivity contribution >= 4 is 45.4 Å². The minimum Gasteiger partial charge on any atom is -0.172 e. The van der Waals surface area contributed by atoms with E-state index in [1.54, 1.807) is 0 Å². The van der Waals surface area contributed by atoms with Crippen LogP contribution < -0.4 is 0 Å². The molecule has 2 atom stereocenters. The maximum absolute atomic E-state index is 4.94. The number of thiophene rings is 2. The van der Waals surface area contributed by atoms with Crippen LogP contribution in [0.25, 0.3) is 52.8 Å². The molecule has 5 heteroatoms. The van der Waals surface area contributed by atoms with E-state index in [4.69, 9.17) is 8.75 Å². The average Bonchev–Trinajstić information content (AvgIpc) is 3.98. The van der Waals surface area contributed by atoms with E-state index >= 15 is 0 Å². The van der Waals surface area contributed by atoms with Gasteiger partial charge >= 0.3 is 0 Å². The molecular formula is C48H56N2S3. The average molecular weight is 757 g/mol. The highest BCUT2D eigenvalue weighted by atomic mass is 32.1. The summed E-state index contributed by atoms with van der Waals surface area (Å²) in [6.45, 7) is 19.0. The zero-order valence-corrected chi connectivity index (χ0v) is 35.6. The Morgan fingerprint density at radius 2 is 0.943 bits per heavy atom. The van der Waals surface area contributed by atoms with Crippen LogP contribution in [0.3, 0.4) is 0 Å². The third-order valence-corrected chi connectivity index (χ3v) is 15.8. The molecule has 0 saturated carbocycles. The normalized spacial score (nSPS) is 16.1. The molecule has 0 fully saturated rings. The van der Waals surface area contributed by atoms with Gasteiger partial charge in [-0.25, -0.2) is 0 Å². The topological polar surface area (TPSA) is 25.8 Å². The van der Waals surface area contributed by atoms with E-state index < -0.39 is 0 Å².